The van der Waals surface area contributed by atoms with Gasteiger partial charge in [0.15, 0.2) is 0 Å². The van der Waals surface area contributed by atoms with Crippen LogP contribution in [0.5, 0.6) is 0 Å². The smallest absolute Gasteiger partial charge is 0.255 e. The van der Waals surface area contributed by atoms with Crippen LogP contribution in [0.1, 0.15) is 27.8 Å². The normalized spacial score (nSPS) is 12.1. The zero-order valence-corrected chi connectivity index (χ0v) is 12.8. The highest BCUT2D eigenvalue weighted by atomic mass is 19.1. The van der Waals surface area contributed by atoms with Crippen LogP contribution in [0.25, 0.3) is 0 Å². The molecular weight excluding hydrogens is 297 g/mol. The topological polar surface area (TPSA) is 64.7 Å². The maximum Gasteiger partial charge on any atom is 0.255 e. The second-order valence-electron chi connectivity index (χ2n) is 5.26. The van der Waals surface area contributed by atoms with Crippen LogP contribution in [0.3, 0.4) is 0 Å². The largest absolute Gasteiger partial charge is 0.338 e. The molecule has 0 radical (unpaired) electrons. The van der Waals surface area contributed by atoms with Gasteiger partial charge in [0, 0.05) is 32.7 Å². The quantitative estimate of drug-likeness (QED) is 0.799. The minimum absolute atomic E-state index is 0.296. The number of nitrogens with one attached hydrogen (secondary N) is 1. The van der Waals surface area contributed by atoms with Gasteiger partial charge in [0.05, 0.1) is 11.8 Å². The number of hydrogen-bond acceptors (Lipinski definition) is 3. The number of imidazole rings is 1. The molecule has 0 aliphatic rings. The summed E-state index contributed by atoms with van der Waals surface area (Å²) in [5.74, 6) is -0.0412. The van der Waals surface area contributed by atoms with Gasteiger partial charge in [0.1, 0.15) is 17.7 Å². The molecule has 0 aliphatic heterocycles. The van der Waals surface area contributed by atoms with Gasteiger partial charge in [-0.2, -0.15) is 5.10 Å². The lowest BCUT2D eigenvalue weighted by Gasteiger charge is -2.19. The fourth-order valence-electron chi connectivity index (χ4n) is 2.39. The Kier molecular flexibility index (Phi) is 3.92. The molecule has 0 spiro atoms. The molecule has 3 aromatic rings. The van der Waals surface area contributed by atoms with Crippen molar-refractivity contribution in [2.75, 3.05) is 0 Å². The van der Waals surface area contributed by atoms with Gasteiger partial charge >= 0.3 is 0 Å². The Morgan fingerprint density at radius 3 is 2.78 bits per heavy atom. The first-order valence-corrected chi connectivity index (χ1v) is 7.07. The van der Waals surface area contributed by atoms with Crippen LogP contribution in [0.15, 0.2) is 49.1 Å². The SMILES string of the molecule is Cn1cc(C(=O)N[C@H](c2cccc(F)c2)c2nccn2C)cn1. The molecule has 1 atom stereocenters. The van der Waals surface area contributed by atoms with E-state index < -0.39 is 6.04 Å². The highest BCUT2D eigenvalue weighted by Gasteiger charge is 2.22. The molecule has 1 amide bonds. The van der Waals surface area contributed by atoms with Crippen molar-refractivity contribution < 1.29 is 9.18 Å². The fraction of sp³-hybridized carbons (Fsp3) is 0.188. The number of halogens is 1. The summed E-state index contributed by atoms with van der Waals surface area (Å²) in [5.41, 5.74) is 1.06. The third-order valence-electron chi connectivity index (χ3n) is 3.54. The van der Waals surface area contributed by atoms with E-state index in [-0.39, 0.29) is 11.7 Å². The van der Waals surface area contributed by atoms with E-state index in [1.807, 2.05) is 7.05 Å². The number of hydrogen-bond donors (Lipinski definition) is 1. The number of nitrogens with zero attached hydrogens (tertiary/aromatic N) is 4. The number of rotatable bonds is 4. The molecule has 0 bridgehead atoms. The van der Waals surface area contributed by atoms with E-state index >= 15 is 0 Å². The van der Waals surface area contributed by atoms with Gasteiger partial charge in [0.25, 0.3) is 5.91 Å². The minimum atomic E-state index is -0.557. The summed E-state index contributed by atoms with van der Waals surface area (Å²) in [6.45, 7) is 0. The lowest BCUT2D eigenvalue weighted by atomic mass is 10.1. The Morgan fingerprint density at radius 1 is 1.35 bits per heavy atom. The number of benzene rings is 1. The monoisotopic (exact) mass is 313 g/mol. The Hall–Kier alpha value is -2.96. The van der Waals surface area contributed by atoms with Crippen LogP contribution < -0.4 is 5.32 Å². The van der Waals surface area contributed by atoms with Crippen molar-refractivity contribution in [1.82, 2.24) is 24.6 Å². The van der Waals surface area contributed by atoms with Crippen LogP contribution in [0, 0.1) is 5.82 Å². The van der Waals surface area contributed by atoms with Crippen molar-refractivity contribution in [1.29, 1.82) is 0 Å². The Labute approximate surface area is 132 Å². The number of carbonyl (C=O) groups excluding carboxylic acids is 1. The van der Waals surface area contributed by atoms with Crippen LogP contribution >= 0.6 is 0 Å². The van der Waals surface area contributed by atoms with Crippen LogP contribution in [0.2, 0.25) is 0 Å². The van der Waals surface area contributed by atoms with Crippen molar-refractivity contribution in [2.45, 2.75) is 6.04 Å². The predicted octanol–water partition coefficient (Wildman–Crippen LogP) is 1.81. The molecule has 1 aromatic carbocycles. The summed E-state index contributed by atoms with van der Waals surface area (Å²) >= 11 is 0. The summed E-state index contributed by atoms with van der Waals surface area (Å²) in [5, 5.41) is 6.88. The average molecular weight is 313 g/mol. The van der Waals surface area contributed by atoms with Gasteiger partial charge in [0.2, 0.25) is 0 Å². The highest BCUT2D eigenvalue weighted by molar-refractivity contribution is 5.94. The molecule has 2 aromatic heterocycles. The van der Waals surface area contributed by atoms with Crippen molar-refractivity contribution >= 4 is 5.91 Å². The van der Waals surface area contributed by atoms with Crippen LogP contribution in [0.4, 0.5) is 4.39 Å². The lowest BCUT2D eigenvalue weighted by molar-refractivity contribution is 0.0941. The summed E-state index contributed by atoms with van der Waals surface area (Å²) in [7, 11) is 3.56. The molecule has 7 heteroatoms. The van der Waals surface area contributed by atoms with E-state index in [2.05, 4.69) is 15.4 Å². The summed E-state index contributed by atoms with van der Waals surface area (Å²) in [6, 6.07) is 5.56. The van der Waals surface area contributed by atoms with Gasteiger partial charge in [-0.3, -0.25) is 9.48 Å². The van der Waals surface area contributed by atoms with Gasteiger partial charge < -0.3 is 9.88 Å². The van der Waals surface area contributed by atoms with E-state index in [1.165, 1.54) is 18.3 Å². The van der Waals surface area contributed by atoms with Crippen LogP contribution in [-0.2, 0) is 14.1 Å². The zero-order chi connectivity index (χ0) is 16.4. The van der Waals surface area contributed by atoms with Crippen molar-refractivity contribution in [3.63, 3.8) is 0 Å². The molecule has 23 heavy (non-hydrogen) atoms. The van der Waals surface area contributed by atoms with E-state index in [0.29, 0.717) is 17.0 Å². The van der Waals surface area contributed by atoms with Crippen LogP contribution in [-0.4, -0.2) is 25.2 Å². The third kappa shape index (κ3) is 3.13. The van der Waals surface area contributed by atoms with Gasteiger partial charge in [-0.05, 0) is 17.7 Å². The molecule has 0 aliphatic carbocycles. The highest BCUT2D eigenvalue weighted by Crippen LogP contribution is 2.21. The molecule has 118 valence electrons. The van der Waals surface area contributed by atoms with Gasteiger partial charge in [-0.25, -0.2) is 9.37 Å². The molecule has 3 rings (SSSR count). The molecule has 0 unspecified atom stereocenters. The standard InChI is InChI=1S/C16H16FN5O/c1-21-7-6-18-15(21)14(11-4-3-5-13(17)8-11)20-16(23)12-9-19-22(2)10-12/h3-10,14H,1-2H3,(H,20,23)/t14-/m1/s1. The Morgan fingerprint density at radius 2 is 2.17 bits per heavy atom. The summed E-state index contributed by atoms with van der Waals surface area (Å²) in [6.07, 6.45) is 6.52. The minimum Gasteiger partial charge on any atom is -0.338 e. The first-order chi connectivity index (χ1) is 11.0. The third-order valence-corrected chi connectivity index (χ3v) is 3.54. The van der Waals surface area contributed by atoms with E-state index in [4.69, 9.17) is 0 Å². The molecule has 6 nitrogen and oxygen atoms in total. The first-order valence-electron chi connectivity index (χ1n) is 7.07. The molecule has 0 saturated heterocycles. The Balaban J connectivity index is 1.96. The molecule has 0 saturated carbocycles. The summed E-state index contributed by atoms with van der Waals surface area (Å²) < 4.78 is 16.9. The zero-order valence-electron chi connectivity index (χ0n) is 12.8. The van der Waals surface area contributed by atoms with Gasteiger partial charge in [-0.15, -0.1) is 0 Å². The molecule has 1 N–H and O–H groups in total. The van der Waals surface area contributed by atoms with Gasteiger partial charge in [-0.1, -0.05) is 12.1 Å². The summed E-state index contributed by atoms with van der Waals surface area (Å²) in [4.78, 5) is 16.7. The Bertz CT molecular complexity index is 838. The second kappa shape index (κ2) is 6.04. The maximum atomic E-state index is 13.6. The average Bonchev–Trinajstić information content (AvgIpc) is 3.13. The van der Waals surface area contributed by atoms with Crippen molar-refractivity contribution in [3.8, 4) is 0 Å². The fourth-order valence-corrected chi connectivity index (χ4v) is 2.39. The number of aromatic nitrogens is 4. The second-order valence-corrected chi connectivity index (χ2v) is 5.26. The van der Waals surface area contributed by atoms with Crippen molar-refractivity contribution in [3.05, 3.63) is 71.8 Å². The number of aryl methyl sites for hydroxylation is 2. The first kappa shape index (κ1) is 15.0. The van der Waals surface area contributed by atoms with Crippen molar-refractivity contribution in [2.24, 2.45) is 14.1 Å². The van der Waals surface area contributed by atoms with E-state index in [9.17, 15) is 9.18 Å². The molecule has 0 fully saturated rings. The number of carbonyl (C=O) groups is 1. The maximum absolute atomic E-state index is 13.6. The predicted molar refractivity (Wildman–Crippen MR) is 82.1 cm³/mol. The lowest BCUT2D eigenvalue weighted by Crippen LogP contribution is -2.31. The molecule has 2 heterocycles. The van der Waals surface area contributed by atoms with E-state index in [1.54, 1.807) is 47.0 Å². The van der Waals surface area contributed by atoms with E-state index in [0.717, 1.165) is 0 Å². The number of amides is 1. The molecular formula is C16H16FN5O.